The fourth-order valence-electron chi connectivity index (χ4n) is 1.55. The molecule has 2 aromatic rings. The first-order valence-corrected chi connectivity index (χ1v) is 7.12. The predicted molar refractivity (Wildman–Crippen MR) is 84.5 cm³/mol. The number of ether oxygens (including phenoxy) is 1. The van der Waals surface area contributed by atoms with E-state index < -0.39 is 0 Å². The van der Waals surface area contributed by atoms with Crippen LogP contribution in [0.1, 0.15) is 18.9 Å². The van der Waals surface area contributed by atoms with Crippen molar-refractivity contribution in [1.82, 2.24) is 15.0 Å². The summed E-state index contributed by atoms with van der Waals surface area (Å²) in [5, 5.41) is 4.05. The van der Waals surface area contributed by atoms with Gasteiger partial charge in [-0.05, 0) is 31.0 Å². The number of nitrogens with one attached hydrogen (secondary N) is 1. The van der Waals surface area contributed by atoms with Crippen LogP contribution in [-0.2, 0) is 0 Å². The molecule has 0 aliphatic rings. The van der Waals surface area contributed by atoms with Crippen molar-refractivity contribution in [3.05, 3.63) is 27.7 Å². The average Bonchev–Trinajstić information content (AvgIpc) is 2.42. The van der Waals surface area contributed by atoms with Crippen LogP contribution in [0, 0.1) is 6.92 Å². The molecule has 0 aliphatic carbocycles. The van der Waals surface area contributed by atoms with Crippen LogP contribution in [0.5, 0.6) is 6.01 Å². The van der Waals surface area contributed by atoms with Crippen molar-refractivity contribution in [2.45, 2.75) is 20.3 Å². The Labute approximate surface area is 132 Å². The highest BCUT2D eigenvalue weighted by atomic mass is 35.5. The van der Waals surface area contributed by atoms with Crippen LogP contribution in [-0.4, -0.2) is 21.6 Å². The molecule has 112 valence electrons. The Kier molecular flexibility index (Phi) is 5.03. The van der Waals surface area contributed by atoms with E-state index in [1.807, 2.05) is 13.8 Å². The number of aromatic nitrogens is 3. The summed E-state index contributed by atoms with van der Waals surface area (Å²) in [4.78, 5) is 12.0. The average molecular weight is 328 g/mol. The fourth-order valence-corrected chi connectivity index (χ4v) is 1.98. The van der Waals surface area contributed by atoms with Crippen molar-refractivity contribution in [1.29, 1.82) is 0 Å². The number of hydrogen-bond acceptors (Lipinski definition) is 6. The molecule has 0 radical (unpaired) electrons. The summed E-state index contributed by atoms with van der Waals surface area (Å²) in [7, 11) is 0. The number of benzene rings is 1. The normalized spacial score (nSPS) is 10.5. The minimum absolute atomic E-state index is 0.0629. The van der Waals surface area contributed by atoms with Gasteiger partial charge in [-0.1, -0.05) is 30.1 Å². The lowest BCUT2D eigenvalue weighted by atomic mass is 10.2. The van der Waals surface area contributed by atoms with Gasteiger partial charge in [-0.2, -0.15) is 15.0 Å². The van der Waals surface area contributed by atoms with Gasteiger partial charge in [-0.3, -0.25) is 0 Å². The number of halogens is 2. The molecule has 1 aromatic heterocycles. The SMILES string of the molecule is CCCOc1nc(N)nc(Nc2cc(Cl)c(C)cc2Cl)n1. The van der Waals surface area contributed by atoms with Crippen molar-refractivity contribution in [3.8, 4) is 6.01 Å². The fraction of sp³-hybridized carbons (Fsp3) is 0.308. The lowest BCUT2D eigenvalue weighted by molar-refractivity contribution is 0.292. The van der Waals surface area contributed by atoms with Gasteiger partial charge in [0.05, 0.1) is 17.3 Å². The van der Waals surface area contributed by atoms with Gasteiger partial charge in [0.15, 0.2) is 0 Å². The molecule has 0 fully saturated rings. The Morgan fingerprint density at radius 2 is 1.95 bits per heavy atom. The van der Waals surface area contributed by atoms with Crippen LogP contribution in [0.3, 0.4) is 0 Å². The molecule has 0 saturated carbocycles. The molecule has 0 saturated heterocycles. The Morgan fingerprint density at radius 1 is 1.19 bits per heavy atom. The zero-order valence-corrected chi connectivity index (χ0v) is 13.2. The minimum Gasteiger partial charge on any atom is -0.463 e. The molecule has 1 aromatic carbocycles. The number of rotatable bonds is 5. The highest BCUT2D eigenvalue weighted by Gasteiger charge is 2.09. The number of nitrogens with zero attached hydrogens (tertiary/aromatic N) is 3. The molecule has 0 atom stereocenters. The molecule has 21 heavy (non-hydrogen) atoms. The summed E-state index contributed by atoms with van der Waals surface area (Å²) in [5.41, 5.74) is 7.10. The Hall–Kier alpha value is -1.79. The number of hydrogen-bond donors (Lipinski definition) is 2. The van der Waals surface area contributed by atoms with Gasteiger partial charge in [0.2, 0.25) is 11.9 Å². The number of nitrogen functional groups attached to an aromatic ring is 1. The molecule has 2 rings (SSSR count). The van der Waals surface area contributed by atoms with Gasteiger partial charge < -0.3 is 15.8 Å². The van der Waals surface area contributed by atoms with Crippen molar-refractivity contribution in [3.63, 3.8) is 0 Å². The van der Waals surface area contributed by atoms with Gasteiger partial charge in [-0.15, -0.1) is 0 Å². The molecule has 0 amide bonds. The quantitative estimate of drug-likeness (QED) is 0.872. The monoisotopic (exact) mass is 327 g/mol. The van der Waals surface area contributed by atoms with E-state index in [9.17, 15) is 0 Å². The first kappa shape index (κ1) is 15.6. The molecule has 0 unspecified atom stereocenters. The second-order valence-corrected chi connectivity index (χ2v) is 5.17. The van der Waals surface area contributed by atoms with Crippen LogP contribution >= 0.6 is 23.2 Å². The Morgan fingerprint density at radius 3 is 2.67 bits per heavy atom. The van der Waals surface area contributed by atoms with E-state index in [-0.39, 0.29) is 17.9 Å². The van der Waals surface area contributed by atoms with Crippen LogP contribution in [0.25, 0.3) is 0 Å². The lowest BCUT2D eigenvalue weighted by Crippen LogP contribution is -2.07. The maximum absolute atomic E-state index is 6.16. The summed E-state index contributed by atoms with van der Waals surface area (Å²) in [6.45, 7) is 4.35. The summed E-state index contributed by atoms with van der Waals surface area (Å²) in [6, 6.07) is 3.62. The molecular formula is C13H15Cl2N5O. The van der Waals surface area contributed by atoms with Gasteiger partial charge in [0, 0.05) is 5.02 Å². The molecular weight excluding hydrogens is 313 g/mol. The molecule has 3 N–H and O–H groups in total. The van der Waals surface area contributed by atoms with E-state index in [2.05, 4.69) is 20.3 Å². The number of aryl methyl sites for hydroxylation is 1. The Bertz CT molecular complexity index is 651. The van der Waals surface area contributed by atoms with Crippen molar-refractivity contribution >= 4 is 40.8 Å². The van der Waals surface area contributed by atoms with Crippen LogP contribution < -0.4 is 15.8 Å². The first-order valence-electron chi connectivity index (χ1n) is 6.36. The van der Waals surface area contributed by atoms with Crippen molar-refractivity contribution < 1.29 is 4.74 Å². The van der Waals surface area contributed by atoms with E-state index in [4.69, 9.17) is 33.7 Å². The molecule has 0 bridgehead atoms. The maximum atomic E-state index is 6.16. The van der Waals surface area contributed by atoms with Crippen molar-refractivity contribution in [2.75, 3.05) is 17.7 Å². The third-order valence-corrected chi connectivity index (χ3v) is 3.28. The first-order chi connectivity index (χ1) is 9.99. The smallest absolute Gasteiger partial charge is 0.323 e. The molecule has 1 heterocycles. The van der Waals surface area contributed by atoms with Crippen molar-refractivity contribution in [2.24, 2.45) is 0 Å². The van der Waals surface area contributed by atoms with Gasteiger partial charge in [-0.25, -0.2) is 0 Å². The zero-order chi connectivity index (χ0) is 15.4. The molecule has 0 spiro atoms. The minimum atomic E-state index is 0.0629. The van der Waals surface area contributed by atoms with Gasteiger partial charge >= 0.3 is 6.01 Å². The number of anilines is 3. The molecule has 8 heteroatoms. The third kappa shape index (κ3) is 4.09. The molecule has 0 aliphatic heterocycles. The maximum Gasteiger partial charge on any atom is 0.323 e. The zero-order valence-electron chi connectivity index (χ0n) is 11.7. The third-order valence-electron chi connectivity index (χ3n) is 2.56. The second-order valence-electron chi connectivity index (χ2n) is 4.35. The van der Waals surface area contributed by atoms with E-state index in [0.29, 0.717) is 22.3 Å². The van der Waals surface area contributed by atoms with E-state index in [0.717, 1.165) is 12.0 Å². The van der Waals surface area contributed by atoms with Crippen LogP contribution in [0.15, 0.2) is 12.1 Å². The molecule has 6 nitrogen and oxygen atoms in total. The van der Waals surface area contributed by atoms with Gasteiger partial charge in [0.25, 0.3) is 0 Å². The summed E-state index contributed by atoms with van der Waals surface area (Å²) < 4.78 is 5.35. The number of nitrogens with two attached hydrogens (primary N) is 1. The highest BCUT2D eigenvalue weighted by molar-refractivity contribution is 6.35. The van der Waals surface area contributed by atoms with Crippen LogP contribution in [0.4, 0.5) is 17.6 Å². The van der Waals surface area contributed by atoms with Crippen LogP contribution in [0.2, 0.25) is 10.0 Å². The topological polar surface area (TPSA) is 86.0 Å². The van der Waals surface area contributed by atoms with E-state index in [1.54, 1.807) is 12.1 Å². The summed E-state index contributed by atoms with van der Waals surface area (Å²) >= 11 is 12.2. The predicted octanol–water partition coefficient (Wildman–Crippen LogP) is 3.60. The van der Waals surface area contributed by atoms with E-state index >= 15 is 0 Å². The lowest BCUT2D eigenvalue weighted by Gasteiger charge is -2.10. The van der Waals surface area contributed by atoms with E-state index in [1.165, 1.54) is 0 Å². The standard InChI is InChI=1S/C13H15Cl2N5O/c1-3-4-21-13-19-11(16)18-12(20-13)17-10-6-8(14)7(2)5-9(10)15/h5-6H,3-4H2,1-2H3,(H3,16,17,18,19,20). The largest absolute Gasteiger partial charge is 0.463 e. The Balaban J connectivity index is 2.27. The summed E-state index contributed by atoms with van der Waals surface area (Å²) in [5.74, 6) is 0.309. The van der Waals surface area contributed by atoms with Gasteiger partial charge in [0.1, 0.15) is 0 Å². The highest BCUT2D eigenvalue weighted by Crippen LogP contribution is 2.30. The summed E-state index contributed by atoms with van der Waals surface area (Å²) in [6.07, 6.45) is 0.841. The second kappa shape index (κ2) is 6.78.